The predicted molar refractivity (Wildman–Crippen MR) is 257 cm³/mol. The summed E-state index contributed by atoms with van der Waals surface area (Å²) in [6.45, 7) is 6.68. The molecule has 0 fully saturated rings. The number of nitrogens with one attached hydrogen (secondary N) is 1. The van der Waals surface area contributed by atoms with Crippen molar-refractivity contribution in [3.05, 3.63) is 104 Å². The van der Waals surface area contributed by atoms with Crippen molar-refractivity contribution in [1.29, 1.82) is 0 Å². The molecule has 0 saturated heterocycles. The molecule has 0 bridgehead atoms. The summed E-state index contributed by atoms with van der Waals surface area (Å²) >= 11 is 8.99. The number of ether oxygens (including phenoxy) is 3. The molecule has 4 aromatic rings. The van der Waals surface area contributed by atoms with E-state index in [2.05, 4.69) is 108 Å². The number of carboxylic acids is 1. The van der Waals surface area contributed by atoms with Crippen LogP contribution in [0.4, 0.5) is 4.79 Å². The van der Waals surface area contributed by atoms with Crippen LogP contribution in [-0.4, -0.2) is 75.7 Å². The van der Waals surface area contributed by atoms with Crippen molar-refractivity contribution in [2.24, 2.45) is 11.5 Å². The number of amides is 1. The zero-order valence-electron chi connectivity index (χ0n) is 32.4. The Morgan fingerprint density at radius 2 is 1.19 bits per heavy atom. The van der Waals surface area contributed by atoms with Gasteiger partial charge in [-0.3, -0.25) is 4.79 Å². The van der Waals surface area contributed by atoms with Crippen LogP contribution in [0.5, 0.6) is 28.7 Å². The lowest BCUT2D eigenvalue weighted by molar-refractivity contribution is -0.140. The number of hydrogen-bond donors (Lipinski definition) is 7. The second-order valence-corrected chi connectivity index (χ2v) is 18.5. The molecule has 2 atom stereocenters. The molecule has 13 nitrogen and oxygen atoms in total. The average Bonchev–Trinajstić information content (AvgIpc) is 3.14. The van der Waals surface area contributed by atoms with E-state index in [1.807, 2.05) is 64.1 Å². The fraction of sp³-hybridized carbons (Fsp3) is 0.341. The van der Waals surface area contributed by atoms with E-state index in [9.17, 15) is 14.7 Å². The molecule has 0 heterocycles. The first kappa shape index (κ1) is 51.6. The summed E-state index contributed by atoms with van der Waals surface area (Å²) in [6.07, 6.45) is 1.68. The van der Waals surface area contributed by atoms with E-state index in [1.165, 1.54) is 5.56 Å². The highest BCUT2D eigenvalue weighted by molar-refractivity contribution is 14.1. The lowest BCUT2D eigenvalue weighted by Crippen LogP contribution is -2.44. The van der Waals surface area contributed by atoms with Crippen molar-refractivity contribution >= 4 is 108 Å². The molecule has 0 unspecified atom stereocenters. The van der Waals surface area contributed by atoms with Crippen molar-refractivity contribution in [3.63, 3.8) is 0 Å². The number of halogens is 4. The number of carboxylic acid groups (broad SMARTS) is 1. The van der Waals surface area contributed by atoms with E-state index < -0.39 is 30.9 Å². The quantitative estimate of drug-likeness (QED) is 0.0562. The fourth-order valence-corrected chi connectivity index (χ4v) is 9.03. The summed E-state index contributed by atoms with van der Waals surface area (Å²) < 4.78 is 21.3. The Morgan fingerprint density at radius 3 is 1.59 bits per heavy atom. The van der Waals surface area contributed by atoms with Gasteiger partial charge in [0.1, 0.15) is 36.1 Å². The van der Waals surface area contributed by atoms with Crippen LogP contribution in [0.25, 0.3) is 0 Å². The molecule has 9 N–H and O–H groups in total. The molecule has 0 spiro atoms. The van der Waals surface area contributed by atoms with E-state index in [4.69, 9.17) is 45.8 Å². The van der Waals surface area contributed by atoms with E-state index in [-0.39, 0.29) is 23.6 Å². The van der Waals surface area contributed by atoms with E-state index in [0.717, 1.165) is 42.7 Å². The molecule has 316 valence electrons. The number of aliphatic carboxylic acids is 1. The number of aliphatic hydroxyl groups excluding tert-OH is 2. The molecule has 4 aromatic carbocycles. The maximum atomic E-state index is 12.0. The Kier molecular flexibility index (Phi) is 23.1. The number of aryl methyl sites for hydroxylation is 1. The van der Waals surface area contributed by atoms with Gasteiger partial charge in [0.25, 0.3) is 0 Å². The molecule has 0 aliphatic carbocycles. The Bertz CT molecular complexity index is 1900. The number of phenols is 1. The first-order valence-corrected chi connectivity index (χ1v) is 22.1. The molecule has 58 heavy (non-hydrogen) atoms. The van der Waals surface area contributed by atoms with Crippen molar-refractivity contribution < 1.29 is 49.0 Å². The SMILES string of the molecule is Cc1ccc(Oc2c(I)cc(C[C@@H](CN)NC(=O)OC(C)(C)C)cc2I)cc1.N[C@H](CCC(=O)CO)Cc1cc(I)c(Oc2ccc(O)cc2)c(I)c1.O=C(O)CO. The topological polar surface area (TPSA) is 224 Å². The predicted octanol–water partition coefficient (Wildman–Crippen LogP) is 8.06. The number of aromatic hydroxyl groups is 1. The number of alkyl carbamates (subject to hydrolysis) is 1. The Balaban J connectivity index is 0.000000360. The normalized spacial score (nSPS) is 11.8. The van der Waals surface area contributed by atoms with Gasteiger partial charge in [-0.25, -0.2) is 9.59 Å². The minimum atomic E-state index is -1.19. The summed E-state index contributed by atoms with van der Waals surface area (Å²) in [4.78, 5) is 32.3. The number of carbonyl (C=O) groups excluding carboxylic acids is 2. The summed E-state index contributed by atoms with van der Waals surface area (Å²) in [6, 6.07) is 22.4. The number of aliphatic hydroxyl groups is 2. The van der Waals surface area contributed by atoms with Crippen molar-refractivity contribution in [2.75, 3.05) is 19.8 Å². The van der Waals surface area contributed by atoms with Crippen LogP contribution in [0.2, 0.25) is 0 Å². The minimum Gasteiger partial charge on any atom is -0.508 e. The Morgan fingerprint density at radius 1 is 0.759 bits per heavy atom. The van der Waals surface area contributed by atoms with Gasteiger partial charge in [0, 0.05) is 25.0 Å². The van der Waals surface area contributed by atoms with Crippen LogP contribution >= 0.6 is 90.4 Å². The maximum Gasteiger partial charge on any atom is 0.407 e. The van der Waals surface area contributed by atoms with Gasteiger partial charge in [0.05, 0.1) is 14.3 Å². The number of benzene rings is 4. The molecular weight excluding hydrogens is 1200 g/mol. The lowest BCUT2D eigenvalue weighted by atomic mass is 10.0. The molecule has 17 heteroatoms. The molecule has 0 radical (unpaired) electrons. The first-order chi connectivity index (χ1) is 27.2. The third-order valence-corrected chi connectivity index (χ3v) is 10.7. The van der Waals surface area contributed by atoms with Gasteiger partial charge in [-0.15, -0.1) is 0 Å². The Labute approximate surface area is 393 Å². The molecular formula is C41H49I4N3O10. The number of carbonyl (C=O) groups is 3. The van der Waals surface area contributed by atoms with Crippen LogP contribution in [0.1, 0.15) is 50.3 Å². The second kappa shape index (κ2) is 25.9. The highest BCUT2D eigenvalue weighted by Gasteiger charge is 2.20. The van der Waals surface area contributed by atoms with Gasteiger partial charge in [-0.2, -0.15) is 0 Å². The highest BCUT2D eigenvalue weighted by Crippen LogP contribution is 2.35. The number of ketones is 1. The summed E-state index contributed by atoms with van der Waals surface area (Å²) in [5.74, 6) is 1.88. The summed E-state index contributed by atoms with van der Waals surface area (Å²) in [5, 5.41) is 36.0. The zero-order valence-corrected chi connectivity index (χ0v) is 41.1. The lowest BCUT2D eigenvalue weighted by Gasteiger charge is -2.23. The number of phenolic OH excluding ortho intramolecular Hbond substituents is 1. The molecule has 4 rings (SSSR count). The van der Waals surface area contributed by atoms with Crippen molar-refractivity contribution in [3.8, 4) is 28.7 Å². The van der Waals surface area contributed by atoms with Gasteiger partial charge >= 0.3 is 12.1 Å². The summed E-state index contributed by atoms with van der Waals surface area (Å²) in [7, 11) is 0. The van der Waals surface area contributed by atoms with E-state index >= 15 is 0 Å². The average molecular weight is 1250 g/mol. The third kappa shape index (κ3) is 20.1. The van der Waals surface area contributed by atoms with Gasteiger partial charge in [-0.1, -0.05) is 17.7 Å². The highest BCUT2D eigenvalue weighted by atomic mass is 127. The van der Waals surface area contributed by atoms with Crippen LogP contribution in [0.15, 0.2) is 72.8 Å². The Hall–Kier alpha value is -2.55. The number of hydrogen-bond acceptors (Lipinski definition) is 11. The van der Waals surface area contributed by atoms with Gasteiger partial charge < -0.3 is 51.4 Å². The minimum absolute atomic E-state index is 0.133. The van der Waals surface area contributed by atoms with Crippen LogP contribution in [-0.2, 0) is 27.2 Å². The summed E-state index contributed by atoms with van der Waals surface area (Å²) in [5.41, 5.74) is 14.8. The molecule has 0 saturated carbocycles. The smallest absolute Gasteiger partial charge is 0.407 e. The number of Topliss-reactive ketones (excluding diaryl/α,β-unsaturated/α-hetero) is 1. The van der Waals surface area contributed by atoms with E-state index in [1.54, 1.807) is 24.3 Å². The monoisotopic (exact) mass is 1250 g/mol. The van der Waals surface area contributed by atoms with Gasteiger partial charge in [0.15, 0.2) is 17.3 Å². The fourth-order valence-electron chi connectivity index (χ4n) is 4.79. The largest absolute Gasteiger partial charge is 0.508 e. The number of rotatable bonds is 15. The molecule has 0 aliphatic heterocycles. The maximum absolute atomic E-state index is 12.0. The van der Waals surface area contributed by atoms with Crippen LogP contribution < -0.4 is 26.3 Å². The second-order valence-electron chi connectivity index (χ2n) is 13.8. The van der Waals surface area contributed by atoms with Gasteiger partial charge in [0.2, 0.25) is 0 Å². The van der Waals surface area contributed by atoms with Gasteiger partial charge in [-0.05, 0) is 209 Å². The molecule has 0 aromatic heterocycles. The number of nitrogens with two attached hydrogens (primary N) is 2. The van der Waals surface area contributed by atoms with Crippen molar-refractivity contribution in [2.45, 2.75) is 71.1 Å². The van der Waals surface area contributed by atoms with Crippen LogP contribution in [0.3, 0.4) is 0 Å². The third-order valence-electron chi connectivity index (χ3n) is 7.50. The zero-order chi connectivity index (χ0) is 43.6. The molecule has 0 aliphatic rings. The van der Waals surface area contributed by atoms with Crippen LogP contribution in [0, 0.1) is 21.2 Å². The first-order valence-electron chi connectivity index (χ1n) is 17.8. The van der Waals surface area contributed by atoms with Crippen molar-refractivity contribution in [1.82, 2.24) is 5.32 Å². The molecule has 1 amide bonds. The van der Waals surface area contributed by atoms with E-state index in [0.29, 0.717) is 38.0 Å². The standard InChI is InChI=1S/C21H26I2N2O3.C18H19I2NO4.C2H4O3/c1-13-5-7-16(8-6-13)27-19-17(22)10-14(11-18(19)23)9-15(12-24)25-20(26)28-21(2,3)4;19-16-8-11(7-12(21)1-2-14(24)10-22)9-17(20)18(16)25-15-5-3-13(23)4-6-15;3-1-2(4)5/h5-8,10-11,15H,9,12,24H2,1-4H3,(H,25,26);3-6,8-9,12,22-23H,1-2,7,10,21H2;3H,1H2,(H,4,5)/t15-;12-;/m01./s1.